The van der Waals surface area contributed by atoms with E-state index in [1.807, 2.05) is 67.6 Å². The first-order chi connectivity index (χ1) is 17.3. The van der Waals surface area contributed by atoms with Gasteiger partial charge in [-0.15, -0.1) is 0 Å². The number of hydrogen-bond acceptors (Lipinski definition) is 5. The molecule has 0 aliphatic rings. The summed E-state index contributed by atoms with van der Waals surface area (Å²) in [6.45, 7) is 3.76. The van der Waals surface area contributed by atoms with Gasteiger partial charge in [-0.05, 0) is 37.0 Å². The molecular formula is C28H32NO6P. The maximum absolute atomic E-state index is 13.8. The number of alkyl carbamates (subject to hydrolysis) is 1. The number of amides is 1. The molecule has 0 radical (unpaired) electrons. The predicted molar refractivity (Wildman–Crippen MR) is 139 cm³/mol. The van der Waals surface area contributed by atoms with Crippen LogP contribution in [0.25, 0.3) is 0 Å². The van der Waals surface area contributed by atoms with E-state index in [4.69, 9.17) is 9.47 Å². The number of aryl methyl sites for hydroxylation is 1. The first kappa shape index (κ1) is 27.2. The highest BCUT2D eigenvalue weighted by Crippen LogP contribution is 2.55. The molecule has 0 aromatic heterocycles. The summed E-state index contributed by atoms with van der Waals surface area (Å²) in [7, 11) is -4.17. The molecule has 3 aromatic carbocycles. The Morgan fingerprint density at radius 3 is 2.06 bits per heavy atom. The number of nitrogens with one attached hydrogen (secondary N) is 1. The number of esters is 1. The van der Waals surface area contributed by atoms with Crippen LogP contribution in [0.4, 0.5) is 4.79 Å². The van der Waals surface area contributed by atoms with Gasteiger partial charge in [-0.25, -0.2) is 4.79 Å². The van der Waals surface area contributed by atoms with Crippen LogP contribution in [0.5, 0.6) is 0 Å². The molecule has 36 heavy (non-hydrogen) atoms. The second kappa shape index (κ2) is 13.1. The molecule has 3 rings (SSSR count). The lowest BCUT2D eigenvalue weighted by atomic mass is 10.0. The van der Waals surface area contributed by atoms with Crippen molar-refractivity contribution in [3.8, 4) is 0 Å². The van der Waals surface area contributed by atoms with Crippen molar-refractivity contribution in [2.24, 2.45) is 5.92 Å². The van der Waals surface area contributed by atoms with Gasteiger partial charge >= 0.3 is 12.1 Å². The van der Waals surface area contributed by atoms with Crippen LogP contribution in [-0.4, -0.2) is 29.7 Å². The Morgan fingerprint density at radius 2 is 1.47 bits per heavy atom. The van der Waals surface area contributed by atoms with Crippen LogP contribution < -0.4 is 5.32 Å². The third-order valence-corrected chi connectivity index (χ3v) is 7.89. The van der Waals surface area contributed by atoms with Gasteiger partial charge in [0.05, 0.1) is 12.5 Å². The topological polar surface area (TPSA) is 102 Å². The number of benzene rings is 3. The molecule has 0 aliphatic carbocycles. The zero-order valence-electron chi connectivity index (χ0n) is 20.5. The Hall–Kier alpha value is -3.41. The minimum Gasteiger partial charge on any atom is -0.466 e. The summed E-state index contributed by atoms with van der Waals surface area (Å²) in [4.78, 5) is 36.7. The van der Waals surface area contributed by atoms with Crippen LogP contribution in [0.3, 0.4) is 0 Å². The van der Waals surface area contributed by atoms with Crippen molar-refractivity contribution in [2.75, 3.05) is 12.8 Å². The van der Waals surface area contributed by atoms with E-state index >= 15 is 0 Å². The molecular weight excluding hydrogens is 477 g/mol. The van der Waals surface area contributed by atoms with Crippen LogP contribution in [-0.2, 0) is 31.9 Å². The molecule has 2 N–H and O–H groups in total. The van der Waals surface area contributed by atoms with E-state index in [1.54, 1.807) is 31.2 Å². The van der Waals surface area contributed by atoms with Crippen molar-refractivity contribution in [1.82, 2.24) is 5.32 Å². The van der Waals surface area contributed by atoms with Gasteiger partial charge in [-0.2, -0.15) is 0 Å². The molecule has 0 heterocycles. The van der Waals surface area contributed by atoms with Gasteiger partial charge in [0, 0.05) is 6.16 Å². The Kier molecular flexibility index (Phi) is 9.86. The number of carbonyl (C=O) groups excluding carboxylic acids is 2. The minimum atomic E-state index is -4.17. The standard InChI is InChI=1S/C28H32NO6P/c1-3-34-27(30)25(18-22-10-6-4-7-11-22)20-36(32,33)26(24-16-14-21(2)15-17-24)29-28(31)35-19-23-12-8-5-9-13-23/h4-17,25-26H,3,18-20H2,1-2H3,(H,29,31)(H,32,33). The van der Waals surface area contributed by atoms with E-state index < -0.39 is 31.1 Å². The van der Waals surface area contributed by atoms with Crippen LogP contribution in [0, 0.1) is 12.8 Å². The maximum Gasteiger partial charge on any atom is 0.408 e. The number of rotatable bonds is 11. The summed E-state index contributed by atoms with van der Waals surface area (Å²) in [6, 6.07) is 25.4. The Bertz CT molecular complexity index is 1170. The highest BCUT2D eigenvalue weighted by molar-refractivity contribution is 7.58. The number of ether oxygens (including phenoxy) is 2. The minimum absolute atomic E-state index is 0.0163. The fourth-order valence-electron chi connectivity index (χ4n) is 3.84. The highest BCUT2D eigenvalue weighted by Gasteiger charge is 2.39. The van der Waals surface area contributed by atoms with E-state index in [2.05, 4.69) is 5.32 Å². The molecule has 3 atom stereocenters. The normalized spacial score (nSPS) is 14.2. The van der Waals surface area contributed by atoms with Crippen molar-refractivity contribution in [3.05, 3.63) is 107 Å². The number of hydrogen-bond donors (Lipinski definition) is 2. The lowest BCUT2D eigenvalue weighted by molar-refractivity contribution is -0.147. The van der Waals surface area contributed by atoms with Crippen molar-refractivity contribution < 1.29 is 28.5 Å². The Labute approximate surface area is 211 Å². The molecule has 190 valence electrons. The smallest absolute Gasteiger partial charge is 0.408 e. The van der Waals surface area contributed by atoms with E-state index in [0.717, 1.165) is 16.7 Å². The maximum atomic E-state index is 13.8. The highest BCUT2D eigenvalue weighted by atomic mass is 31.2. The lowest BCUT2D eigenvalue weighted by Crippen LogP contribution is -2.32. The van der Waals surface area contributed by atoms with Crippen LogP contribution in [0.1, 0.15) is 35.0 Å². The van der Waals surface area contributed by atoms with Gasteiger partial charge in [0.1, 0.15) is 12.4 Å². The molecule has 0 saturated carbocycles. The summed E-state index contributed by atoms with van der Waals surface area (Å²) in [5, 5.41) is 2.58. The summed E-state index contributed by atoms with van der Waals surface area (Å²) >= 11 is 0. The molecule has 3 unspecified atom stereocenters. The van der Waals surface area contributed by atoms with Crippen LogP contribution >= 0.6 is 7.37 Å². The van der Waals surface area contributed by atoms with Gasteiger partial charge in [0.2, 0.25) is 7.37 Å². The molecule has 1 amide bonds. The summed E-state index contributed by atoms with van der Waals surface area (Å²) in [5.74, 6) is -2.67. The molecule has 8 heteroatoms. The van der Waals surface area contributed by atoms with Gasteiger partial charge in [-0.1, -0.05) is 90.5 Å². The quantitative estimate of drug-likeness (QED) is 0.257. The molecule has 3 aromatic rings. The van der Waals surface area contributed by atoms with Crippen LogP contribution in [0.2, 0.25) is 0 Å². The van der Waals surface area contributed by atoms with Crippen molar-refractivity contribution in [1.29, 1.82) is 0 Å². The molecule has 0 saturated heterocycles. The van der Waals surface area contributed by atoms with Gasteiger partial charge < -0.3 is 19.7 Å². The average molecular weight is 510 g/mol. The average Bonchev–Trinajstić information content (AvgIpc) is 2.87. The first-order valence-electron chi connectivity index (χ1n) is 11.8. The van der Waals surface area contributed by atoms with Crippen molar-refractivity contribution in [3.63, 3.8) is 0 Å². The second-order valence-corrected chi connectivity index (χ2v) is 11.0. The molecule has 0 spiro atoms. The Morgan fingerprint density at radius 1 is 0.889 bits per heavy atom. The third kappa shape index (κ3) is 8.08. The third-order valence-electron chi connectivity index (χ3n) is 5.69. The SMILES string of the molecule is CCOC(=O)C(Cc1ccccc1)CP(=O)(O)C(NC(=O)OCc1ccccc1)c1ccc(C)cc1. The van der Waals surface area contributed by atoms with Crippen molar-refractivity contribution in [2.45, 2.75) is 32.7 Å². The van der Waals surface area contributed by atoms with Gasteiger partial charge in [0.15, 0.2) is 0 Å². The summed E-state index contributed by atoms with van der Waals surface area (Å²) in [6.07, 6.45) is -0.948. The fourth-order valence-corrected chi connectivity index (χ4v) is 5.91. The Balaban J connectivity index is 1.83. The van der Waals surface area contributed by atoms with Crippen molar-refractivity contribution >= 4 is 19.4 Å². The number of carbonyl (C=O) groups is 2. The zero-order valence-corrected chi connectivity index (χ0v) is 21.4. The zero-order chi connectivity index (χ0) is 26.0. The largest absolute Gasteiger partial charge is 0.466 e. The van der Waals surface area contributed by atoms with E-state index in [1.165, 1.54) is 0 Å². The predicted octanol–water partition coefficient (Wildman–Crippen LogP) is 5.61. The monoisotopic (exact) mass is 509 g/mol. The first-order valence-corrected chi connectivity index (χ1v) is 13.8. The molecule has 0 fully saturated rings. The molecule has 0 aliphatic heterocycles. The fraction of sp³-hybridized carbons (Fsp3) is 0.286. The summed E-state index contributed by atoms with van der Waals surface area (Å²) < 4.78 is 24.3. The van der Waals surface area contributed by atoms with Gasteiger partial charge in [0.25, 0.3) is 0 Å². The molecule has 0 bridgehead atoms. The lowest BCUT2D eigenvalue weighted by Gasteiger charge is -2.27. The molecule has 7 nitrogen and oxygen atoms in total. The van der Waals surface area contributed by atoms with Crippen LogP contribution in [0.15, 0.2) is 84.9 Å². The second-order valence-electron chi connectivity index (χ2n) is 8.60. The van der Waals surface area contributed by atoms with E-state index in [9.17, 15) is 19.0 Å². The van der Waals surface area contributed by atoms with E-state index in [-0.39, 0.29) is 25.8 Å². The van der Waals surface area contributed by atoms with Gasteiger partial charge in [-0.3, -0.25) is 9.36 Å². The summed E-state index contributed by atoms with van der Waals surface area (Å²) in [5.41, 5.74) is 3.05. The van der Waals surface area contributed by atoms with E-state index in [0.29, 0.717) is 5.56 Å².